The SMILES string of the molecule is O=C(Nc1cc([N+](=O)[O-])ccc1F)[C@H]1CC(=O)N(CCc2ccc(F)cc2)C1. The molecule has 0 spiro atoms. The quantitative estimate of drug-likeness (QED) is 0.607. The molecule has 1 heterocycles. The first-order valence-corrected chi connectivity index (χ1v) is 8.60. The summed E-state index contributed by atoms with van der Waals surface area (Å²) in [4.78, 5) is 36.2. The molecule has 0 saturated carbocycles. The lowest BCUT2D eigenvalue weighted by atomic mass is 10.1. The van der Waals surface area contributed by atoms with E-state index < -0.39 is 22.6 Å². The zero-order chi connectivity index (χ0) is 20.3. The van der Waals surface area contributed by atoms with Crippen molar-refractivity contribution >= 4 is 23.2 Å². The fraction of sp³-hybridized carbons (Fsp3) is 0.263. The lowest BCUT2D eigenvalue weighted by Crippen LogP contribution is -2.30. The van der Waals surface area contributed by atoms with Crippen LogP contribution in [0.25, 0.3) is 0 Å². The number of rotatable bonds is 6. The van der Waals surface area contributed by atoms with Gasteiger partial charge in [0.2, 0.25) is 11.8 Å². The van der Waals surface area contributed by atoms with Crippen LogP contribution in [0.2, 0.25) is 0 Å². The largest absolute Gasteiger partial charge is 0.342 e. The minimum Gasteiger partial charge on any atom is -0.342 e. The third kappa shape index (κ3) is 4.48. The van der Waals surface area contributed by atoms with E-state index in [0.29, 0.717) is 13.0 Å². The molecule has 0 aliphatic carbocycles. The molecule has 0 unspecified atom stereocenters. The van der Waals surface area contributed by atoms with E-state index >= 15 is 0 Å². The Kier molecular flexibility index (Phi) is 5.62. The van der Waals surface area contributed by atoms with Gasteiger partial charge < -0.3 is 10.2 Å². The smallest absolute Gasteiger partial charge is 0.271 e. The number of nitrogens with one attached hydrogen (secondary N) is 1. The van der Waals surface area contributed by atoms with Crippen LogP contribution >= 0.6 is 0 Å². The molecule has 0 aromatic heterocycles. The van der Waals surface area contributed by atoms with Crippen LogP contribution in [-0.4, -0.2) is 34.7 Å². The topological polar surface area (TPSA) is 92.5 Å². The van der Waals surface area contributed by atoms with Crippen molar-refractivity contribution in [3.8, 4) is 0 Å². The van der Waals surface area contributed by atoms with Gasteiger partial charge in [0, 0.05) is 31.6 Å². The second-order valence-electron chi connectivity index (χ2n) is 6.53. The Morgan fingerprint density at radius 2 is 1.93 bits per heavy atom. The van der Waals surface area contributed by atoms with Crippen LogP contribution < -0.4 is 5.32 Å². The first-order chi connectivity index (χ1) is 13.3. The lowest BCUT2D eigenvalue weighted by Gasteiger charge is -2.16. The van der Waals surface area contributed by atoms with E-state index in [0.717, 1.165) is 23.8 Å². The number of halogens is 2. The summed E-state index contributed by atoms with van der Waals surface area (Å²) in [7, 11) is 0. The van der Waals surface area contributed by atoms with E-state index in [4.69, 9.17) is 0 Å². The second-order valence-corrected chi connectivity index (χ2v) is 6.53. The Morgan fingerprint density at radius 3 is 2.61 bits per heavy atom. The molecule has 1 atom stereocenters. The average molecular weight is 389 g/mol. The van der Waals surface area contributed by atoms with Gasteiger partial charge in [-0.05, 0) is 30.2 Å². The number of hydrogen-bond donors (Lipinski definition) is 1. The first-order valence-electron chi connectivity index (χ1n) is 8.60. The van der Waals surface area contributed by atoms with Gasteiger partial charge in [0.15, 0.2) is 0 Å². The van der Waals surface area contributed by atoms with Gasteiger partial charge in [-0.25, -0.2) is 8.78 Å². The molecule has 1 aliphatic heterocycles. The first kappa shape index (κ1) is 19.4. The van der Waals surface area contributed by atoms with E-state index in [1.165, 1.54) is 17.0 Å². The van der Waals surface area contributed by atoms with Crippen molar-refractivity contribution in [2.45, 2.75) is 12.8 Å². The number of amides is 2. The van der Waals surface area contributed by atoms with Gasteiger partial charge in [-0.2, -0.15) is 0 Å². The third-order valence-electron chi connectivity index (χ3n) is 4.59. The van der Waals surface area contributed by atoms with Crippen molar-refractivity contribution < 1.29 is 23.3 Å². The number of non-ortho nitro benzene ring substituents is 1. The van der Waals surface area contributed by atoms with Crippen LogP contribution in [0.5, 0.6) is 0 Å². The number of anilines is 1. The fourth-order valence-electron chi connectivity index (χ4n) is 3.04. The summed E-state index contributed by atoms with van der Waals surface area (Å²) in [6, 6.07) is 8.78. The molecular weight excluding hydrogens is 372 g/mol. The molecule has 28 heavy (non-hydrogen) atoms. The van der Waals surface area contributed by atoms with Crippen molar-refractivity contribution in [2.24, 2.45) is 5.92 Å². The summed E-state index contributed by atoms with van der Waals surface area (Å²) >= 11 is 0. The number of benzene rings is 2. The Bertz CT molecular complexity index is 918. The minimum atomic E-state index is -0.795. The van der Waals surface area contributed by atoms with Crippen LogP contribution in [0.1, 0.15) is 12.0 Å². The van der Waals surface area contributed by atoms with Crippen molar-refractivity contribution in [3.05, 3.63) is 69.8 Å². The molecule has 0 bridgehead atoms. The lowest BCUT2D eigenvalue weighted by molar-refractivity contribution is -0.384. The molecule has 2 aromatic rings. The van der Waals surface area contributed by atoms with Crippen molar-refractivity contribution in [2.75, 3.05) is 18.4 Å². The predicted molar refractivity (Wildman–Crippen MR) is 96.5 cm³/mol. The van der Waals surface area contributed by atoms with Crippen LogP contribution in [-0.2, 0) is 16.0 Å². The molecular formula is C19H17F2N3O4. The van der Waals surface area contributed by atoms with Crippen molar-refractivity contribution in [1.29, 1.82) is 0 Å². The molecule has 146 valence electrons. The molecule has 1 saturated heterocycles. The van der Waals surface area contributed by atoms with Gasteiger partial charge in [-0.15, -0.1) is 0 Å². The molecule has 3 rings (SSSR count). The van der Waals surface area contributed by atoms with E-state index in [1.54, 1.807) is 12.1 Å². The summed E-state index contributed by atoms with van der Waals surface area (Å²) in [5.74, 6) is -2.60. The maximum Gasteiger partial charge on any atom is 0.271 e. The van der Waals surface area contributed by atoms with E-state index in [-0.39, 0.29) is 36.1 Å². The maximum atomic E-state index is 13.8. The number of nitro groups is 1. The van der Waals surface area contributed by atoms with Gasteiger partial charge in [-0.3, -0.25) is 19.7 Å². The highest BCUT2D eigenvalue weighted by Crippen LogP contribution is 2.24. The van der Waals surface area contributed by atoms with Crippen molar-refractivity contribution in [1.82, 2.24) is 4.90 Å². The molecule has 0 radical (unpaired) electrons. The fourth-order valence-corrected chi connectivity index (χ4v) is 3.04. The second kappa shape index (κ2) is 8.12. The maximum absolute atomic E-state index is 13.8. The highest BCUT2D eigenvalue weighted by molar-refractivity contribution is 5.97. The van der Waals surface area contributed by atoms with Gasteiger partial charge in [0.25, 0.3) is 5.69 Å². The number of likely N-dealkylation sites (tertiary alicyclic amines) is 1. The monoisotopic (exact) mass is 389 g/mol. The summed E-state index contributed by atoms with van der Waals surface area (Å²) in [5.41, 5.74) is 0.220. The van der Waals surface area contributed by atoms with Crippen LogP contribution in [0.3, 0.4) is 0 Å². The number of carbonyl (C=O) groups excluding carboxylic acids is 2. The summed E-state index contributed by atoms with van der Waals surface area (Å²) in [6.07, 6.45) is 0.492. The number of nitro benzene ring substituents is 1. The summed E-state index contributed by atoms with van der Waals surface area (Å²) in [6.45, 7) is 0.543. The minimum absolute atomic E-state index is 0.0220. The molecule has 9 heteroatoms. The highest BCUT2D eigenvalue weighted by atomic mass is 19.1. The van der Waals surface area contributed by atoms with Gasteiger partial charge in [-0.1, -0.05) is 12.1 Å². The van der Waals surface area contributed by atoms with E-state index in [1.807, 2.05) is 0 Å². The summed E-state index contributed by atoms with van der Waals surface area (Å²) in [5, 5.41) is 13.1. The Labute approximate surface area is 159 Å². The van der Waals surface area contributed by atoms with E-state index in [9.17, 15) is 28.5 Å². The third-order valence-corrected chi connectivity index (χ3v) is 4.59. The Balaban J connectivity index is 1.60. The number of hydrogen-bond acceptors (Lipinski definition) is 4. The normalized spacial score (nSPS) is 16.3. The number of carbonyl (C=O) groups is 2. The molecule has 1 aliphatic rings. The molecule has 2 amide bonds. The van der Waals surface area contributed by atoms with Crippen LogP contribution in [0.4, 0.5) is 20.2 Å². The molecule has 1 fully saturated rings. The van der Waals surface area contributed by atoms with Crippen LogP contribution in [0, 0.1) is 27.7 Å². The Hall–Kier alpha value is -3.36. The van der Waals surface area contributed by atoms with Gasteiger partial charge >= 0.3 is 0 Å². The zero-order valence-corrected chi connectivity index (χ0v) is 14.7. The Morgan fingerprint density at radius 1 is 1.21 bits per heavy atom. The van der Waals surface area contributed by atoms with Gasteiger partial charge in [0.05, 0.1) is 16.5 Å². The number of nitrogens with zero attached hydrogens (tertiary/aromatic N) is 2. The molecule has 2 aromatic carbocycles. The molecule has 1 N–H and O–H groups in total. The van der Waals surface area contributed by atoms with Crippen LogP contribution in [0.15, 0.2) is 42.5 Å². The van der Waals surface area contributed by atoms with Gasteiger partial charge in [0.1, 0.15) is 11.6 Å². The highest BCUT2D eigenvalue weighted by Gasteiger charge is 2.34. The van der Waals surface area contributed by atoms with Crippen molar-refractivity contribution in [3.63, 3.8) is 0 Å². The average Bonchev–Trinajstić information content (AvgIpc) is 3.04. The zero-order valence-electron chi connectivity index (χ0n) is 14.7. The standard InChI is InChI=1S/C19H17F2N3O4/c20-14-3-1-12(2-4-14)7-8-23-11-13(9-18(23)25)19(26)22-17-10-15(24(27)28)5-6-16(17)21/h1-6,10,13H,7-9,11H2,(H,22,26)/t13-/m0/s1. The van der Waals surface area contributed by atoms with E-state index in [2.05, 4.69) is 5.32 Å². The summed E-state index contributed by atoms with van der Waals surface area (Å²) < 4.78 is 26.8. The predicted octanol–water partition coefficient (Wildman–Crippen LogP) is 2.90. The molecule has 7 nitrogen and oxygen atoms in total.